The van der Waals surface area contributed by atoms with Crippen molar-refractivity contribution in [1.29, 1.82) is 0 Å². The van der Waals surface area contributed by atoms with Crippen LogP contribution in [0.4, 0.5) is 4.39 Å². The third-order valence-electron chi connectivity index (χ3n) is 9.30. The second-order valence-corrected chi connectivity index (χ2v) is 10.9. The Labute approximate surface area is 194 Å². The Morgan fingerprint density at radius 3 is 2.62 bits per heavy atom. The minimum Gasteiger partial charge on any atom is -0.450 e. The lowest BCUT2D eigenvalue weighted by molar-refractivity contribution is -0.226. The molecule has 4 aliphatic rings. The molecule has 176 valence electrons. The van der Waals surface area contributed by atoms with E-state index in [9.17, 15) is 19.5 Å². The Morgan fingerprint density at radius 1 is 1.31 bits per heavy atom. The van der Waals surface area contributed by atoms with Crippen molar-refractivity contribution in [3.8, 4) is 0 Å². The van der Waals surface area contributed by atoms with Crippen molar-refractivity contribution in [1.82, 2.24) is 0 Å². The summed E-state index contributed by atoms with van der Waals surface area (Å²) in [6.45, 7) is 7.20. The number of fused-ring (bicyclic) bond motifs is 5. The molecule has 0 aromatic heterocycles. The highest BCUT2D eigenvalue weighted by atomic mass is 32.1. The number of hydrogen-bond acceptors (Lipinski definition) is 6. The molecule has 5 nitrogen and oxygen atoms in total. The van der Waals surface area contributed by atoms with E-state index >= 15 is 4.39 Å². The van der Waals surface area contributed by atoms with Gasteiger partial charge in [-0.2, -0.15) is 12.6 Å². The van der Waals surface area contributed by atoms with E-state index in [0.29, 0.717) is 24.8 Å². The number of ether oxygens (including phenoxy) is 1. The number of rotatable bonds is 4. The molecule has 8 atom stereocenters. The minimum absolute atomic E-state index is 0.00379. The molecule has 0 aliphatic heterocycles. The summed E-state index contributed by atoms with van der Waals surface area (Å²) in [5.41, 5.74) is -4.71. The average molecular weight is 465 g/mol. The number of hydrogen-bond donors (Lipinski definition) is 2. The second-order valence-electron chi connectivity index (χ2n) is 10.5. The zero-order valence-corrected chi connectivity index (χ0v) is 20.1. The van der Waals surface area contributed by atoms with Crippen molar-refractivity contribution >= 4 is 30.2 Å². The lowest BCUT2D eigenvalue weighted by Gasteiger charge is -2.62. The second kappa shape index (κ2) is 7.52. The van der Waals surface area contributed by atoms with Gasteiger partial charge in [-0.15, -0.1) is 0 Å². The number of ketones is 2. The Hall–Kier alpha value is -1.47. The van der Waals surface area contributed by atoms with Crippen LogP contribution in [-0.4, -0.2) is 45.8 Å². The Balaban J connectivity index is 1.85. The van der Waals surface area contributed by atoms with Gasteiger partial charge in [0.25, 0.3) is 0 Å². The molecule has 1 N–H and O–H groups in total. The summed E-state index contributed by atoms with van der Waals surface area (Å²) in [5, 5.41) is 11.4. The van der Waals surface area contributed by atoms with Crippen LogP contribution >= 0.6 is 12.6 Å². The number of allylic oxidation sites excluding steroid dienone is 4. The molecule has 4 rings (SSSR count). The van der Waals surface area contributed by atoms with E-state index in [1.54, 1.807) is 19.9 Å². The van der Waals surface area contributed by atoms with E-state index in [4.69, 9.17) is 4.74 Å². The molecule has 3 saturated carbocycles. The quantitative estimate of drug-likeness (QED) is 0.489. The lowest BCUT2D eigenvalue weighted by atomic mass is 9.44. The Bertz CT molecular complexity index is 929. The molecule has 3 fully saturated rings. The number of Topliss-reactive ketones (excluding diaryl/α,β-unsaturated/α-hetero) is 1. The summed E-state index contributed by atoms with van der Waals surface area (Å²) in [7, 11) is 0. The van der Waals surface area contributed by atoms with Crippen LogP contribution in [0.25, 0.3) is 0 Å². The number of alkyl halides is 1. The Kier molecular flexibility index (Phi) is 5.57. The van der Waals surface area contributed by atoms with E-state index < -0.39 is 40.1 Å². The highest BCUT2D eigenvalue weighted by molar-refractivity contribution is 7.81. The maximum Gasteiger partial charge on any atom is 0.306 e. The molecular formula is C25H33FO5S. The zero-order chi connectivity index (χ0) is 23.7. The van der Waals surface area contributed by atoms with Crippen molar-refractivity contribution in [3.63, 3.8) is 0 Å². The molecule has 0 saturated heterocycles. The van der Waals surface area contributed by atoms with E-state index in [-0.39, 0.29) is 42.0 Å². The topological polar surface area (TPSA) is 80.7 Å². The molecule has 0 aromatic rings. The molecule has 4 aliphatic carbocycles. The van der Waals surface area contributed by atoms with Crippen LogP contribution in [0.15, 0.2) is 23.8 Å². The molecular weight excluding hydrogens is 431 g/mol. The Morgan fingerprint density at radius 2 is 2.00 bits per heavy atom. The van der Waals surface area contributed by atoms with Crippen LogP contribution in [-0.2, 0) is 19.1 Å². The van der Waals surface area contributed by atoms with Crippen molar-refractivity contribution in [3.05, 3.63) is 23.8 Å². The first-order chi connectivity index (χ1) is 14.9. The van der Waals surface area contributed by atoms with Gasteiger partial charge in [0, 0.05) is 29.1 Å². The molecule has 0 amide bonds. The maximum atomic E-state index is 17.2. The fourth-order valence-corrected chi connectivity index (χ4v) is 8.00. The van der Waals surface area contributed by atoms with Gasteiger partial charge in [-0.3, -0.25) is 14.4 Å². The van der Waals surface area contributed by atoms with Crippen molar-refractivity contribution in [2.24, 2.45) is 28.6 Å². The van der Waals surface area contributed by atoms with Gasteiger partial charge in [0.05, 0.1) is 11.9 Å². The molecule has 0 spiro atoms. The van der Waals surface area contributed by atoms with Crippen molar-refractivity contribution in [2.45, 2.75) is 77.2 Å². The van der Waals surface area contributed by atoms with Crippen LogP contribution in [0, 0.1) is 28.6 Å². The average Bonchev–Trinajstić information content (AvgIpc) is 2.96. The van der Waals surface area contributed by atoms with E-state index in [1.165, 1.54) is 12.2 Å². The summed E-state index contributed by atoms with van der Waals surface area (Å²) in [4.78, 5) is 37.8. The summed E-state index contributed by atoms with van der Waals surface area (Å²) in [6, 6.07) is 0. The van der Waals surface area contributed by atoms with Gasteiger partial charge < -0.3 is 9.84 Å². The summed E-state index contributed by atoms with van der Waals surface area (Å²) in [5.74, 6) is -2.14. The molecule has 0 bridgehead atoms. The molecule has 32 heavy (non-hydrogen) atoms. The third-order valence-corrected chi connectivity index (χ3v) is 9.59. The van der Waals surface area contributed by atoms with Crippen LogP contribution < -0.4 is 0 Å². The van der Waals surface area contributed by atoms with E-state index in [2.05, 4.69) is 12.6 Å². The monoisotopic (exact) mass is 464 g/mol. The normalized spacial score (nSPS) is 47.2. The number of aliphatic hydroxyl groups excluding tert-OH is 1. The van der Waals surface area contributed by atoms with Gasteiger partial charge in [-0.1, -0.05) is 32.4 Å². The van der Waals surface area contributed by atoms with Crippen LogP contribution in [0.5, 0.6) is 0 Å². The SMILES string of the molecule is CCC(=O)O[C@]1(C(=O)CS)[C@@H](C)C[C@H]2[C@@H]3CCC4=CC(=O)C=C[C@]4(C)[C@@]3(F)[C@@H](O)C[C@@]21C. The number of thiol groups is 1. The summed E-state index contributed by atoms with van der Waals surface area (Å²) < 4.78 is 23.1. The highest BCUT2D eigenvalue weighted by Gasteiger charge is 2.77. The minimum atomic E-state index is -1.98. The van der Waals surface area contributed by atoms with Crippen LogP contribution in [0.3, 0.4) is 0 Å². The molecule has 0 unspecified atom stereocenters. The number of carbonyl (C=O) groups excluding carboxylic acids is 3. The van der Waals surface area contributed by atoms with Gasteiger partial charge in [0.1, 0.15) is 0 Å². The molecule has 7 heteroatoms. The first kappa shape index (κ1) is 23.7. The predicted octanol–water partition coefficient (Wildman–Crippen LogP) is 3.79. The molecule has 0 aromatic carbocycles. The van der Waals surface area contributed by atoms with Crippen molar-refractivity contribution in [2.75, 3.05) is 5.75 Å². The number of esters is 1. The first-order valence-electron chi connectivity index (χ1n) is 11.6. The zero-order valence-electron chi connectivity index (χ0n) is 19.2. The van der Waals surface area contributed by atoms with Gasteiger partial charge in [0.15, 0.2) is 22.8 Å². The van der Waals surface area contributed by atoms with Crippen molar-refractivity contribution < 1.29 is 28.6 Å². The molecule has 0 radical (unpaired) electrons. The standard InChI is InChI=1S/C25H33FO5S/c1-5-21(30)31-25(20(29)13-32)14(2)10-18-17-7-6-15-11-16(27)8-9-22(15,3)24(17,26)19(28)12-23(18,25)4/h8-9,11,14,17-19,28,32H,5-7,10,12-13H2,1-4H3/t14-,17-,18-,19-,22-,23-,24-,25-/m0/s1. The molecule has 0 heterocycles. The number of aliphatic hydroxyl groups is 1. The fourth-order valence-electron chi connectivity index (χ4n) is 7.77. The maximum absolute atomic E-state index is 17.2. The van der Waals surface area contributed by atoms with Gasteiger partial charge >= 0.3 is 5.97 Å². The highest BCUT2D eigenvalue weighted by Crippen LogP contribution is 2.71. The summed E-state index contributed by atoms with van der Waals surface area (Å²) >= 11 is 4.22. The fraction of sp³-hybridized carbons (Fsp3) is 0.720. The lowest BCUT2D eigenvalue weighted by Crippen LogP contribution is -2.70. The van der Waals surface area contributed by atoms with E-state index in [1.807, 2.05) is 13.8 Å². The smallest absolute Gasteiger partial charge is 0.306 e. The third kappa shape index (κ3) is 2.70. The van der Waals surface area contributed by atoms with Crippen LogP contribution in [0.2, 0.25) is 0 Å². The van der Waals surface area contributed by atoms with Gasteiger partial charge in [0.2, 0.25) is 0 Å². The first-order valence-corrected chi connectivity index (χ1v) is 12.2. The predicted molar refractivity (Wildman–Crippen MR) is 121 cm³/mol. The van der Waals surface area contributed by atoms with Crippen LogP contribution in [0.1, 0.15) is 59.8 Å². The largest absolute Gasteiger partial charge is 0.450 e. The number of carbonyl (C=O) groups is 3. The van der Waals surface area contributed by atoms with E-state index in [0.717, 1.165) is 0 Å². The number of halogens is 1. The van der Waals surface area contributed by atoms with Gasteiger partial charge in [-0.05, 0) is 50.7 Å². The summed E-state index contributed by atoms with van der Waals surface area (Å²) in [6.07, 6.45) is 4.80. The van der Waals surface area contributed by atoms with Gasteiger partial charge in [-0.25, -0.2) is 4.39 Å².